The average Bonchev–Trinajstić information content (AvgIpc) is 2.52. The topological polar surface area (TPSA) is 58.4 Å². The number of nitrogens with one attached hydrogen (secondary N) is 1. The Bertz CT molecular complexity index is 467. The van der Waals surface area contributed by atoms with Crippen LogP contribution >= 0.6 is 0 Å². The van der Waals surface area contributed by atoms with Gasteiger partial charge in [-0.3, -0.25) is 4.79 Å². The maximum Gasteiger partial charge on any atom is 0.216 e. The number of anilines is 1. The molecule has 1 fully saturated rings. The highest BCUT2D eigenvalue weighted by molar-refractivity contribution is 5.72. The van der Waals surface area contributed by atoms with Crippen LogP contribution in [-0.4, -0.2) is 25.5 Å². The minimum atomic E-state index is 0.0664. The molecule has 116 valence electrons. The van der Waals surface area contributed by atoms with Crippen molar-refractivity contribution < 1.29 is 4.79 Å². The molecule has 0 radical (unpaired) electrons. The predicted molar refractivity (Wildman–Crippen MR) is 87.3 cm³/mol. The lowest BCUT2D eigenvalue weighted by Crippen LogP contribution is -2.38. The Kier molecular flexibility index (Phi) is 5.62. The standard InChI is InChI=1S/C17H27N3O/c1-3-16(18)15-6-4-5-7-17(15)20-10-8-14(9-11-20)12-19-13(2)21/h4-7,14,16H,3,8-12,18H2,1-2H3,(H,19,21)/t16-/m0/s1. The smallest absolute Gasteiger partial charge is 0.216 e. The van der Waals surface area contributed by atoms with Gasteiger partial charge in [0.2, 0.25) is 5.91 Å². The molecule has 4 nitrogen and oxygen atoms in total. The van der Waals surface area contributed by atoms with E-state index in [9.17, 15) is 4.79 Å². The second kappa shape index (κ2) is 7.46. The van der Waals surface area contributed by atoms with E-state index in [0.717, 1.165) is 38.9 Å². The molecular formula is C17H27N3O. The molecule has 21 heavy (non-hydrogen) atoms. The van der Waals surface area contributed by atoms with E-state index in [1.54, 1.807) is 6.92 Å². The minimum Gasteiger partial charge on any atom is -0.371 e. The van der Waals surface area contributed by atoms with E-state index in [1.807, 2.05) is 0 Å². The number of para-hydroxylation sites is 1. The van der Waals surface area contributed by atoms with Gasteiger partial charge in [-0.15, -0.1) is 0 Å². The third-order valence-corrected chi connectivity index (χ3v) is 4.37. The van der Waals surface area contributed by atoms with Crippen molar-refractivity contribution in [3.05, 3.63) is 29.8 Å². The molecule has 1 saturated heterocycles. The normalized spacial score (nSPS) is 17.6. The van der Waals surface area contributed by atoms with Gasteiger partial charge in [-0.1, -0.05) is 25.1 Å². The molecule has 0 aliphatic carbocycles. The number of nitrogens with two attached hydrogens (primary N) is 1. The van der Waals surface area contributed by atoms with Crippen molar-refractivity contribution in [2.24, 2.45) is 11.7 Å². The zero-order valence-corrected chi connectivity index (χ0v) is 13.1. The minimum absolute atomic E-state index is 0.0664. The van der Waals surface area contributed by atoms with Crippen molar-refractivity contribution in [1.82, 2.24) is 5.32 Å². The molecular weight excluding hydrogens is 262 g/mol. The van der Waals surface area contributed by atoms with Gasteiger partial charge in [-0.05, 0) is 36.8 Å². The number of benzene rings is 1. The zero-order chi connectivity index (χ0) is 15.2. The summed E-state index contributed by atoms with van der Waals surface area (Å²) in [4.78, 5) is 13.4. The number of hydrogen-bond acceptors (Lipinski definition) is 3. The Labute approximate surface area is 127 Å². The lowest BCUT2D eigenvalue weighted by Gasteiger charge is -2.35. The molecule has 1 aromatic rings. The van der Waals surface area contributed by atoms with E-state index in [2.05, 4.69) is 41.4 Å². The molecule has 0 bridgehead atoms. The number of nitrogens with zero attached hydrogens (tertiary/aromatic N) is 1. The maximum absolute atomic E-state index is 11.0. The van der Waals surface area contributed by atoms with Crippen molar-refractivity contribution in [1.29, 1.82) is 0 Å². The summed E-state index contributed by atoms with van der Waals surface area (Å²) < 4.78 is 0. The van der Waals surface area contributed by atoms with Crippen molar-refractivity contribution in [3.8, 4) is 0 Å². The zero-order valence-electron chi connectivity index (χ0n) is 13.1. The van der Waals surface area contributed by atoms with E-state index in [-0.39, 0.29) is 11.9 Å². The Balaban J connectivity index is 1.97. The summed E-state index contributed by atoms with van der Waals surface area (Å²) in [5.74, 6) is 0.661. The van der Waals surface area contributed by atoms with E-state index in [4.69, 9.17) is 5.73 Å². The number of carbonyl (C=O) groups excluding carboxylic acids is 1. The Hall–Kier alpha value is -1.55. The third kappa shape index (κ3) is 4.21. The Morgan fingerprint density at radius 2 is 2.05 bits per heavy atom. The lowest BCUT2D eigenvalue weighted by atomic mass is 9.94. The first-order chi connectivity index (χ1) is 10.1. The molecule has 1 aromatic carbocycles. The molecule has 0 unspecified atom stereocenters. The average molecular weight is 289 g/mol. The Morgan fingerprint density at radius 1 is 1.38 bits per heavy atom. The van der Waals surface area contributed by atoms with Gasteiger partial charge < -0.3 is 16.0 Å². The highest BCUT2D eigenvalue weighted by Gasteiger charge is 2.22. The van der Waals surface area contributed by atoms with Crippen molar-refractivity contribution in [2.75, 3.05) is 24.5 Å². The van der Waals surface area contributed by atoms with Crippen LogP contribution in [0, 0.1) is 5.92 Å². The highest BCUT2D eigenvalue weighted by Crippen LogP contribution is 2.30. The van der Waals surface area contributed by atoms with Crippen LogP contribution in [0.1, 0.15) is 44.7 Å². The summed E-state index contributed by atoms with van der Waals surface area (Å²) in [5, 5.41) is 2.93. The Morgan fingerprint density at radius 3 is 2.67 bits per heavy atom. The highest BCUT2D eigenvalue weighted by atomic mass is 16.1. The van der Waals surface area contributed by atoms with Gasteiger partial charge in [0, 0.05) is 38.3 Å². The van der Waals surface area contributed by atoms with Crippen molar-refractivity contribution in [2.45, 2.75) is 39.2 Å². The number of rotatable bonds is 5. The van der Waals surface area contributed by atoms with Gasteiger partial charge >= 0.3 is 0 Å². The van der Waals surface area contributed by atoms with Gasteiger partial charge in [0.1, 0.15) is 0 Å². The first-order valence-corrected chi connectivity index (χ1v) is 7.95. The fourth-order valence-corrected chi connectivity index (χ4v) is 2.98. The van der Waals surface area contributed by atoms with E-state index >= 15 is 0 Å². The first-order valence-electron chi connectivity index (χ1n) is 7.95. The molecule has 1 atom stereocenters. The quantitative estimate of drug-likeness (QED) is 0.875. The van der Waals surface area contributed by atoms with Crippen LogP contribution in [0.25, 0.3) is 0 Å². The van der Waals surface area contributed by atoms with E-state index in [0.29, 0.717) is 5.92 Å². The van der Waals surface area contributed by atoms with Gasteiger partial charge in [-0.2, -0.15) is 0 Å². The predicted octanol–water partition coefficient (Wildman–Crippen LogP) is 2.45. The molecule has 2 rings (SSSR count). The van der Waals surface area contributed by atoms with Crippen LogP contribution in [0.4, 0.5) is 5.69 Å². The van der Waals surface area contributed by atoms with Crippen LogP contribution in [0.5, 0.6) is 0 Å². The van der Waals surface area contributed by atoms with Gasteiger partial charge in [-0.25, -0.2) is 0 Å². The summed E-state index contributed by atoms with van der Waals surface area (Å²) in [6.07, 6.45) is 3.20. The summed E-state index contributed by atoms with van der Waals surface area (Å²) in [6, 6.07) is 8.59. The molecule has 3 N–H and O–H groups in total. The SMILES string of the molecule is CC[C@H](N)c1ccccc1N1CCC(CNC(C)=O)CC1. The monoisotopic (exact) mass is 289 g/mol. The van der Waals surface area contributed by atoms with E-state index < -0.39 is 0 Å². The maximum atomic E-state index is 11.0. The molecule has 1 amide bonds. The van der Waals surface area contributed by atoms with Crippen LogP contribution < -0.4 is 16.0 Å². The van der Waals surface area contributed by atoms with E-state index in [1.165, 1.54) is 11.3 Å². The van der Waals surface area contributed by atoms with Gasteiger partial charge in [0.15, 0.2) is 0 Å². The summed E-state index contributed by atoms with van der Waals surface area (Å²) in [6.45, 7) is 6.59. The fourth-order valence-electron chi connectivity index (χ4n) is 2.98. The van der Waals surface area contributed by atoms with Crippen LogP contribution in [0.3, 0.4) is 0 Å². The molecule has 0 saturated carbocycles. The number of amides is 1. The van der Waals surface area contributed by atoms with Gasteiger partial charge in [0.05, 0.1) is 0 Å². The van der Waals surface area contributed by atoms with Crippen molar-refractivity contribution in [3.63, 3.8) is 0 Å². The second-order valence-electron chi connectivity index (χ2n) is 5.94. The molecule has 1 heterocycles. The largest absolute Gasteiger partial charge is 0.371 e. The summed E-state index contributed by atoms with van der Waals surface area (Å²) >= 11 is 0. The molecule has 0 spiro atoms. The van der Waals surface area contributed by atoms with Gasteiger partial charge in [0.25, 0.3) is 0 Å². The summed E-state index contributed by atoms with van der Waals surface area (Å²) in [7, 11) is 0. The lowest BCUT2D eigenvalue weighted by molar-refractivity contribution is -0.119. The molecule has 0 aromatic heterocycles. The fraction of sp³-hybridized carbons (Fsp3) is 0.588. The number of piperidine rings is 1. The molecule has 4 heteroatoms. The number of carbonyl (C=O) groups is 1. The summed E-state index contributed by atoms with van der Waals surface area (Å²) in [5.41, 5.74) is 8.77. The molecule has 1 aliphatic rings. The first kappa shape index (κ1) is 15.8. The number of hydrogen-bond donors (Lipinski definition) is 2. The van der Waals surface area contributed by atoms with Crippen LogP contribution in [0.2, 0.25) is 0 Å². The molecule has 1 aliphatic heterocycles. The second-order valence-corrected chi connectivity index (χ2v) is 5.94. The van der Waals surface area contributed by atoms with Crippen LogP contribution in [0.15, 0.2) is 24.3 Å². The third-order valence-electron chi connectivity index (χ3n) is 4.37. The van der Waals surface area contributed by atoms with Crippen LogP contribution in [-0.2, 0) is 4.79 Å². The van der Waals surface area contributed by atoms with Crippen molar-refractivity contribution >= 4 is 11.6 Å².